The van der Waals surface area contributed by atoms with E-state index in [0.717, 1.165) is 26.0 Å². The summed E-state index contributed by atoms with van der Waals surface area (Å²) in [5, 5.41) is 0.724. The number of nitrogens with zero attached hydrogens (tertiary/aromatic N) is 2. The van der Waals surface area contributed by atoms with E-state index in [1.165, 1.54) is 11.8 Å². The summed E-state index contributed by atoms with van der Waals surface area (Å²) in [5.74, 6) is 0.539. The topological polar surface area (TPSA) is 61.2 Å². The number of hydrogen-bond donors (Lipinski definition) is 0. The lowest BCUT2D eigenvalue weighted by Gasteiger charge is -2.30. The quantitative estimate of drug-likeness (QED) is 0.544. The van der Waals surface area contributed by atoms with E-state index in [4.69, 9.17) is 9.72 Å². The zero-order valence-electron chi connectivity index (χ0n) is 16.9. The van der Waals surface area contributed by atoms with E-state index in [1.807, 2.05) is 39.0 Å². The molecule has 0 radical (unpaired) electrons. The van der Waals surface area contributed by atoms with Gasteiger partial charge in [-0.3, -0.25) is 9.59 Å². The molecule has 1 aliphatic rings. The molecule has 0 atom stereocenters. The minimum atomic E-state index is -0.343. The highest BCUT2D eigenvalue weighted by molar-refractivity contribution is 7.99. The Morgan fingerprint density at radius 3 is 2.79 bits per heavy atom. The Balaban J connectivity index is 1.84. The smallest absolute Gasteiger partial charge is 0.211 e. The van der Waals surface area contributed by atoms with Gasteiger partial charge in [0.25, 0.3) is 0 Å². The maximum atomic E-state index is 13.3. The number of carbonyl (C=O) groups excluding carboxylic acids is 1. The van der Waals surface area contributed by atoms with Crippen molar-refractivity contribution >= 4 is 39.2 Å². The number of imidazole rings is 1. The van der Waals surface area contributed by atoms with Gasteiger partial charge in [0.1, 0.15) is 16.1 Å². The zero-order valence-corrected chi connectivity index (χ0v) is 18.5. The number of ether oxygens (including phenoxy) is 1. The average Bonchev–Trinajstić information content (AvgIpc) is 3.05. The van der Waals surface area contributed by atoms with Crippen molar-refractivity contribution < 1.29 is 9.53 Å². The lowest BCUT2D eigenvalue weighted by molar-refractivity contribution is -0.116. The first-order valence-electron chi connectivity index (χ1n) is 9.75. The zero-order chi connectivity index (χ0) is 20.6. The molecule has 0 spiro atoms. The molecule has 0 saturated heterocycles. The van der Waals surface area contributed by atoms with E-state index in [1.54, 1.807) is 11.3 Å². The second-order valence-electron chi connectivity index (χ2n) is 7.86. The van der Waals surface area contributed by atoms with Gasteiger partial charge in [-0.25, -0.2) is 4.98 Å². The van der Waals surface area contributed by atoms with Crippen LogP contribution in [0, 0.1) is 0 Å². The number of thioether (sulfide) groups is 1. The first-order chi connectivity index (χ1) is 13.9. The molecule has 0 saturated carbocycles. The summed E-state index contributed by atoms with van der Waals surface area (Å²) in [6, 6.07) is 10.1. The number of fused-ring (bicyclic) bond motifs is 2. The van der Waals surface area contributed by atoms with E-state index in [0.29, 0.717) is 37.3 Å². The van der Waals surface area contributed by atoms with E-state index in [2.05, 4.69) is 16.7 Å². The number of benzene rings is 1. The van der Waals surface area contributed by atoms with Crippen molar-refractivity contribution in [3.8, 4) is 0 Å². The fourth-order valence-corrected chi connectivity index (χ4v) is 5.57. The fraction of sp³-hybridized carbons (Fsp3) is 0.409. The molecule has 4 rings (SSSR count). The maximum absolute atomic E-state index is 13.3. The van der Waals surface area contributed by atoms with Gasteiger partial charge in [-0.2, -0.15) is 0 Å². The van der Waals surface area contributed by atoms with Crippen LogP contribution in [0.15, 0.2) is 40.3 Å². The van der Waals surface area contributed by atoms with Gasteiger partial charge in [0.05, 0.1) is 24.5 Å². The van der Waals surface area contributed by atoms with Crippen LogP contribution in [0.25, 0.3) is 10.3 Å². The Morgan fingerprint density at radius 1 is 1.31 bits per heavy atom. The molecule has 0 unspecified atom stereocenters. The Bertz CT molecular complexity index is 1120. The molecule has 3 heterocycles. The van der Waals surface area contributed by atoms with Crippen LogP contribution >= 0.6 is 23.1 Å². The average molecular weight is 429 g/mol. The first kappa shape index (κ1) is 20.3. The Morgan fingerprint density at radius 2 is 2.07 bits per heavy atom. The van der Waals surface area contributed by atoms with E-state index in [9.17, 15) is 9.59 Å². The van der Waals surface area contributed by atoms with Gasteiger partial charge in [0, 0.05) is 23.3 Å². The SMILES string of the molecule is CCC(=O)CSc1nc2c(=O)c3c(sc2n1Cc1ccccc1)COC(C)(C)C3. The lowest BCUT2D eigenvalue weighted by atomic mass is 9.96. The van der Waals surface area contributed by atoms with Gasteiger partial charge in [-0.1, -0.05) is 49.0 Å². The summed E-state index contributed by atoms with van der Waals surface area (Å²) in [4.78, 5) is 31.7. The number of hydrogen-bond acceptors (Lipinski definition) is 6. The van der Waals surface area contributed by atoms with Crippen LogP contribution in [0.2, 0.25) is 0 Å². The fourth-order valence-electron chi connectivity index (χ4n) is 3.41. The predicted octanol–water partition coefficient (Wildman–Crippen LogP) is 4.43. The molecule has 0 bridgehead atoms. The van der Waals surface area contributed by atoms with Gasteiger partial charge < -0.3 is 9.30 Å². The van der Waals surface area contributed by atoms with E-state index >= 15 is 0 Å². The normalized spacial score (nSPS) is 15.4. The molecular formula is C22H24N2O3S2. The third-order valence-electron chi connectivity index (χ3n) is 5.07. The van der Waals surface area contributed by atoms with E-state index in [-0.39, 0.29) is 16.8 Å². The van der Waals surface area contributed by atoms with Crippen LogP contribution in [-0.2, 0) is 29.1 Å². The third kappa shape index (κ3) is 4.17. The van der Waals surface area contributed by atoms with Crippen LogP contribution in [-0.4, -0.2) is 26.7 Å². The van der Waals surface area contributed by atoms with Gasteiger partial charge in [-0.05, 0) is 19.4 Å². The molecule has 0 amide bonds. The number of rotatable bonds is 6. The molecule has 29 heavy (non-hydrogen) atoms. The Hall–Kier alpha value is -1.96. The summed E-state index contributed by atoms with van der Waals surface area (Å²) in [6.45, 7) is 6.95. The molecule has 2 aromatic heterocycles. The highest BCUT2D eigenvalue weighted by Crippen LogP contribution is 2.34. The molecule has 3 aromatic rings. The first-order valence-corrected chi connectivity index (χ1v) is 11.6. The molecule has 7 heteroatoms. The van der Waals surface area contributed by atoms with Gasteiger partial charge in [0.2, 0.25) is 5.43 Å². The van der Waals surface area contributed by atoms with Crippen molar-refractivity contribution in [1.29, 1.82) is 0 Å². The largest absolute Gasteiger partial charge is 0.370 e. The summed E-state index contributed by atoms with van der Waals surface area (Å²) in [5.41, 5.74) is 2.12. The Labute approximate surface area is 178 Å². The van der Waals surface area contributed by atoms with E-state index < -0.39 is 0 Å². The van der Waals surface area contributed by atoms with Crippen LogP contribution in [0.5, 0.6) is 0 Å². The van der Waals surface area contributed by atoms with Crippen LogP contribution in [0.3, 0.4) is 0 Å². The van der Waals surface area contributed by atoms with Gasteiger partial charge in [0.15, 0.2) is 5.16 Å². The summed E-state index contributed by atoms with van der Waals surface area (Å²) in [7, 11) is 0. The molecular weight excluding hydrogens is 404 g/mol. The minimum Gasteiger partial charge on any atom is -0.370 e. The predicted molar refractivity (Wildman–Crippen MR) is 118 cm³/mol. The third-order valence-corrected chi connectivity index (χ3v) is 7.32. The molecule has 0 N–H and O–H groups in total. The van der Waals surface area contributed by atoms with Crippen LogP contribution < -0.4 is 5.43 Å². The molecule has 1 aromatic carbocycles. The lowest BCUT2D eigenvalue weighted by Crippen LogP contribution is -2.34. The second-order valence-corrected chi connectivity index (χ2v) is 9.88. The number of carbonyl (C=O) groups is 1. The highest BCUT2D eigenvalue weighted by atomic mass is 32.2. The Kier molecular flexibility index (Phi) is 5.64. The van der Waals surface area contributed by atoms with Crippen LogP contribution in [0.4, 0.5) is 0 Å². The van der Waals surface area contributed by atoms with Crippen molar-refractivity contribution in [2.45, 2.75) is 57.5 Å². The summed E-state index contributed by atoms with van der Waals surface area (Å²) >= 11 is 3.00. The number of Topliss-reactive ketones (excluding diaryl/α,β-unsaturated/α-hetero) is 1. The van der Waals surface area contributed by atoms with Crippen molar-refractivity contribution in [3.63, 3.8) is 0 Å². The molecule has 152 valence electrons. The number of ketones is 1. The number of aromatic nitrogens is 2. The van der Waals surface area contributed by atoms with Crippen molar-refractivity contribution in [1.82, 2.24) is 9.55 Å². The van der Waals surface area contributed by atoms with Crippen molar-refractivity contribution in [3.05, 3.63) is 56.6 Å². The maximum Gasteiger partial charge on any atom is 0.211 e. The van der Waals surface area contributed by atoms with Gasteiger partial charge >= 0.3 is 0 Å². The second kappa shape index (κ2) is 8.05. The molecule has 0 aliphatic carbocycles. The highest BCUT2D eigenvalue weighted by Gasteiger charge is 2.30. The monoisotopic (exact) mass is 428 g/mol. The standard InChI is InChI=1S/C22H24N2O3S2/c1-4-15(25)13-28-21-23-18-19(26)16-10-22(2,3)27-12-17(16)29-20(18)24(21)11-14-8-6-5-7-9-14/h5-9H,4,10-13H2,1-3H3. The van der Waals surface area contributed by atoms with Crippen LogP contribution in [0.1, 0.15) is 43.2 Å². The van der Waals surface area contributed by atoms with Crippen molar-refractivity contribution in [2.24, 2.45) is 0 Å². The van der Waals surface area contributed by atoms with Crippen molar-refractivity contribution in [2.75, 3.05) is 5.75 Å². The van der Waals surface area contributed by atoms with Gasteiger partial charge in [-0.15, -0.1) is 11.3 Å². The summed E-state index contributed by atoms with van der Waals surface area (Å²) in [6.07, 6.45) is 1.10. The molecule has 0 fully saturated rings. The summed E-state index contributed by atoms with van der Waals surface area (Å²) < 4.78 is 8.02. The molecule has 5 nitrogen and oxygen atoms in total. The minimum absolute atomic E-state index is 0.000560. The molecule has 1 aliphatic heterocycles.